The van der Waals surface area contributed by atoms with E-state index in [1.54, 1.807) is 6.20 Å². The van der Waals surface area contributed by atoms with Crippen molar-refractivity contribution in [2.45, 2.75) is 33.7 Å². The third-order valence-corrected chi connectivity index (χ3v) is 2.91. The van der Waals surface area contributed by atoms with E-state index in [4.69, 9.17) is 0 Å². The molecule has 0 aliphatic carbocycles. The van der Waals surface area contributed by atoms with Crippen LogP contribution in [0.1, 0.15) is 32.8 Å². The molecular weight excluding hydrogens is 240 g/mol. The normalized spacial score (nSPS) is 10.1. The number of carbonyl (C=O) groups is 1. The molecule has 2 N–H and O–H groups in total. The third-order valence-electron chi connectivity index (χ3n) is 2.91. The highest BCUT2D eigenvalue weighted by Crippen LogP contribution is 2.16. The van der Waals surface area contributed by atoms with Gasteiger partial charge in [-0.05, 0) is 26.3 Å². The van der Waals surface area contributed by atoms with Gasteiger partial charge >= 0.3 is 6.03 Å². The minimum Gasteiger partial charge on any atom is -0.357 e. The molecule has 0 unspecified atom stereocenters. The summed E-state index contributed by atoms with van der Waals surface area (Å²) < 4.78 is 0. The molecule has 0 saturated heterocycles. The number of nitrogens with one attached hydrogen (secondary N) is 2. The van der Waals surface area contributed by atoms with Crippen LogP contribution in [0.25, 0.3) is 0 Å². The molecule has 1 heterocycles. The van der Waals surface area contributed by atoms with Crippen LogP contribution < -0.4 is 15.5 Å². The van der Waals surface area contributed by atoms with Crippen molar-refractivity contribution < 1.29 is 4.79 Å². The lowest BCUT2D eigenvalue weighted by Crippen LogP contribution is -2.36. The van der Waals surface area contributed by atoms with Gasteiger partial charge in [0.05, 0.1) is 0 Å². The molecule has 5 nitrogen and oxygen atoms in total. The van der Waals surface area contributed by atoms with E-state index in [-0.39, 0.29) is 6.03 Å². The first-order valence-corrected chi connectivity index (χ1v) is 6.93. The minimum atomic E-state index is -0.129. The van der Waals surface area contributed by atoms with Gasteiger partial charge in [-0.3, -0.25) is 0 Å². The molecule has 0 bridgehead atoms. The highest BCUT2D eigenvalue weighted by atomic mass is 16.2. The molecule has 0 spiro atoms. The van der Waals surface area contributed by atoms with Gasteiger partial charge in [0.1, 0.15) is 5.82 Å². The lowest BCUT2D eigenvalue weighted by molar-refractivity contribution is 0.240. The number of rotatable bonds is 7. The first kappa shape index (κ1) is 15.3. The van der Waals surface area contributed by atoms with Crippen molar-refractivity contribution in [2.24, 2.45) is 0 Å². The fraction of sp³-hybridized carbons (Fsp3) is 0.571. The molecule has 0 fully saturated rings. The number of amides is 2. The topological polar surface area (TPSA) is 57.3 Å². The fourth-order valence-electron chi connectivity index (χ4n) is 1.85. The first-order chi connectivity index (χ1) is 9.22. The zero-order valence-electron chi connectivity index (χ0n) is 12.1. The molecule has 0 aliphatic rings. The fourth-order valence-corrected chi connectivity index (χ4v) is 1.85. The van der Waals surface area contributed by atoms with Crippen molar-refractivity contribution in [2.75, 3.05) is 24.5 Å². The average molecular weight is 264 g/mol. The Bertz CT molecular complexity index is 391. The van der Waals surface area contributed by atoms with Crippen molar-refractivity contribution in [1.82, 2.24) is 15.6 Å². The van der Waals surface area contributed by atoms with Gasteiger partial charge in [0.15, 0.2) is 0 Å². The van der Waals surface area contributed by atoms with E-state index in [0.717, 1.165) is 30.9 Å². The van der Waals surface area contributed by atoms with Crippen LogP contribution in [-0.4, -0.2) is 30.6 Å². The van der Waals surface area contributed by atoms with E-state index < -0.39 is 0 Å². The maximum Gasteiger partial charge on any atom is 0.315 e. The van der Waals surface area contributed by atoms with Gasteiger partial charge < -0.3 is 15.5 Å². The second-order valence-electron chi connectivity index (χ2n) is 4.27. The maximum absolute atomic E-state index is 11.5. The molecule has 0 saturated carbocycles. The van der Waals surface area contributed by atoms with Crippen molar-refractivity contribution in [3.63, 3.8) is 0 Å². The Labute approximate surface area is 115 Å². The highest BCUT2D eigenvalue weighted by Gasteiger charge is 2.10. The predicted octanol–water partition coefficient (Wildman–Crippen LogP) is 2.14. The smallest absolute Gasteiger partial charge is 0.315 e. The zero-order chi connectivity index (χ0) is 14.1. The molecule has 2 amide bonds. The lowest BCUT2D eigenvalue weighted by Gasteiger charge is -2.22. The molecule has 1 aromatic heterocycles. The van der Waals surface area contributed by atoms with E-state index in [9.17, 15) is 4.79 Å². The largest absolute Gasteiger partial charge is 0.357 e. The van der Waals surface area contributed by atoms with Crippen LogP contribution in [-0.2, 0) is 6.54 Å². The quantitative estimate of drug-likeness (QED) is 0.793. The van der Waals surface area contributed by atoms with Gasteiger partial charge in [0.2, 0.25) is 0 Å². The lowest BCUT2D eigenvalue weighted by atomic mass is 10.2. The number of nitrogens with zero attached hydrogens (tertiary/aromatic N) is 2. The maximum atomic E-state index is 11.5. The Hall–Kier alpha value is -1.78. The van der Waals surface area contributed by atoms with Crippen molar-refractivity contribution >= 4 is 11.8 Å². The number of aromatic nitrogens is 1. The van der Waals surface area contributed by atoms with E-state index in [1.807, 2.05) is 19.1 Å². The van der Waals surface area contributed by atoms with Crippen LogP contribution in [0.3, 0.4) is 0 Å². The van der Waals surface area contributed by atoms with E-state index >= 15 is 0 Å². The number of hydrogen-bond acceptors (Lipinski definition) is 3. The molecule has 0 aromatic carbocycles. The summed E-state index contributed by atoms with van der Waals surface area (Å²) in [6, 6.07) is 3.77. The molecule has 1 rings (SSSR count). The summed E-state index contributed by atoms with van der Waals surface area (Å²) in [6.07, 6.45) is 2.72. The molecule has 5 heteroatoms. The molecule has 1 aromatic rings. The predicted molar refractivity (Wildman–Crippen MR) is 78.3 cm³/mol. The van der Waals surface area contributed by atoms with Gasteiger partial charge in [-0.25, -0.2) is 9.78 Å². The van der Waals surface area contributed by atoms with E-state index in [1.165, 1.54) is 0 Å². The summed E-state index contributed by atoms with van der Waals surface area (Å²) in [5.41, 5.74) is 1.04. The molecular formula is C14H24N4O. The molecule has 19 heavy (non-hydrogen) atoms. The van der Waals surface area contributed by atoms with E-state index in [0.29, 0.717) is 13.1 Å². The van der Waals surface area contributed by atoms with Gasteiger partial charge in [-0.1, -0.05) is 13.0 Å². The second-order valence-corrected chi connectivity index (χ2v) is 4.27. The summed E-state index contributed by atoms with van der Waals surface area (Å²) >= 11 is 0. The van der Waals surface area contributed by atoms with Gasteiger partial charge in [0.25, 0.3) is 0 Å². The Kier molecular flexibility index (Phi) is 6.71. The van der Waals surface area contributed by atoms with Crippen LogP contribution in [0.5, 0.6) is 0 Å². The van der Waals surface area contributed by atoms with Crippen LogP contribution >= 0.6 is 0 Å². The Morgan fingerprint density at radius 3 is 2.63 bits per heavy atom. The number of pyridine rings is 1. The SMILES string of the molecule is CCCNC(=O)NCc1cccnc1N(CC)CC. The third kappa shape index (κ3) is 4.77. The molecule has 0 radical (unpaired) electrons. The first-order valence-electron chi connectivity index (χ1n) is 6.93. The van der Waals surface area contributed by atoms with Gasteiger partial charge in [-0.2, -0.15) is 0 Å². The Morgan fingerprint density at radius 1 is 1.26 bits per heavy atom. The Morgan fingerprint density at radius 2 is 2.00 bits per heavy atom. The highest BCUT2D eigenvalue weighted by molar-refractivity contribution is 5.74. The monoisotopic (exact) mass is 264 g/mol. The summed E-state index contributed by atoms with van der Waals surface area (Å²) in [7, 11) is 0. The standard InChI is InChI=1S/C14H24N4O/c1-4-9-16-14(19)17-11-12-8-7-10-15-13(12)18(5-2)6-3/h7-8,10H,4-6,9,11H2,1-3H3,(H2,16,17,19). The van der Waals surface area contributed by atoms with Crippen molar-refractivity contribution in [3.8, 4) is 0 Å². The van der Waals surface area contributed by atoms with Crippen LogP contribution in [0.4, 0.5) is 10.6 Å². The Balaban J connectivity index is 2.65. The van der Waals surface area contributed by atoms with Crippen molar-refractivity contribution in [3.05, 3.63) is 23.9 Å². The number of carbonyl (C=O) groups excluding carboxylic acids is 1. The molecule has 106 valence electrons. The van der Waals surface area contributed by atoms with Gasteiger partial charge in [0, 0.05) is 37.9 Å². The summed E-state index contributed by atoms with van der Waals surface area (Å²) in [5, 5.41) is 5.66. The molecule has 0 atom stereocenters. The van der Waals surface area contributed by atoms with Crippen LogP contribution in [0, 0.1) is 0 Å². The number of urea groups is 1. The van der Waals surface area contributed by atoms with Crippen LogP contribution in [0.2, 0.25) is 0 Å². The summed E-state index contributed by atoms with van der Waals surface area (Å²) in [6.45, 7) is 9.23. The minimum absolute atomic E-state index is 0.129. The number of anilines is 1. The van der Waals surface area contributed by atoms with Crippen molar-refractivity contribution in [1.29, 1.82) is 0 Å². The van der Waals surface area contributed by atoms with Crippen LogP contribution in [0.15, 0.2) is 18.3 Å². The number of hydrogen-bond donors (Lipinski definition) is 2. The van der Waals surface area contributed by atoms with E-state index in [2.05, 4.69) is 34.4 Å². The second kappa shape index (κ2) is 8.34. The average Bonchev–Trinajstić information content (AvgIpc) is 2.45. The zero-order valence-corrected chi connectivity index (χ0v) is 12.1. The van der Waals surface area contributed by atoms with Gasteiger partial charge in [-0.15, -0.1) is 0 Å². The molecule has 0 aliphatic heterocycles. The summed E-state index contributed by atoms with van der Waals surface area (Å²) in [4.78, 5) is 18.1. The summed E-state index contributed by atoms with van der Waals surface area (Å²) in [5.74, 6) is 0.947.